The zero-order valence-corrected chi connectivity index (χ0v) is 14.3. The van der Waals surface area contributed by atoms with Crippen molar-refractivity contribution in [3.8, 4) is 0 Å². The van der Waals surface area contributed by atoms with Crippen LogP contribution >= 0.6 is 0 Å². The van der Waals surface area contributed by atoms with Crippen LogP contribution in [0.4, 0.5) is 18.9 Å². The molecule has 2 aromatic rings. The fourth-order valence-electron chi connectivity index (χ4n) is 2.19. The molecule has 0 aromatic heterocycles. The minimum atomic E-state index is -4.39. The van der Waals surface area contributed by atoms with E-state index in [2.05, 4.69) is 26.1 Å². The van der Waals surface area contributed by atoms with Crippen LogP contribution in [0.1, 0.15) is 37.5 Å². The first-order valence-electron chi connectivity index (χ1n) is 7.82. The number of amides is 1. The van der Waals surface area contributed by atoms with E-state index in [-0.39, 0.29) is 5.41 Å². The predicted octanol–water partition coefficient (Wildman–Crippen LogP) is 5.65. The number of rotatable bonds is 3. The Hall–Kier alpha value is -2.56. The Morgan fingerprint density at radius 1 is 0.880 bits per heavy atom. The van der Waals surface area contributed by atoms with Gasteiger partial charge in [-0.2, -0.15) is 13.2 Å². The van der Waals surface area contributed by atoms with Gasteiger partial charge >= 0.3 is 6.18 Å². The van der Waals surface area contributed by atoms with Crippen molar-refractivity contribution in [2.75, 3.05) is 5.32 Å². The normalized spacial score (nSPS) is 12.4. The molecular weight excluding hydrogens is 327 g/mol. The van der Waals surface area contributed by atoms with Crippen molar-refractivity contribution in [1.82, 2.24) is 0 Å². The number of hydrogen-bond donors (Lipinski definition) is 1. The molecule has 2 nitrogen and oxygen atoms in total. The summed E-state index contributed by atoms with van der Waals surface area (Å²) in [5, 5.41) is 2.53. The van der Waals surface area contributed by atoms with Gasteiger partial charge in [0.15, 0.2) is 0 Å². The van der Waals surface area contributed by atoms with Gasteiger partial charge in [-0.05, 0) is 46.9 Å². The van der Waals surface area contributed by atoms with Gasteiger partial charge in [0.2, 0.25) is 5.91 Å². The molecule has 25 heavy (non-hydrogen) atoms. The van der Waals surface area contributed by atoms with Gasteiger partial charge < -0.3 is 5.32 Å². The van der Waals surface area contributed by atoms with Crippen molar-refractivity contribution in [3.05, 3.63) is 71.3 Å². The molecule has 0 saturated carbocycles. The van der Waals surface area contributed by atoms with Crippen LogP contribution in [0, 0.1) is 0 Å². The smallest absolute Gasteiger partial charge is 0.323 e. The molecule has 0 aliphatic rings. The van der Waals surface area contributed by atoms with Crippen molar-refractivity contribution in [1.29, 1.82) is 0 Å². The molecule has 0 aliphatic carbocycles. The highest BCUT2D eigenvalue weighted by atomic mass is 19.4. The van der Waals surface area contributed by atoms with E-state index in [0.717, 1.165) is 17.7 Å². The highest BCUT2D eigenvalue weighted by Gasteiger charge is 2.29. The van der Waals surface area contributed by atoms with Gasteiger partial charge in [-0.15, -0.1) is 0 Å². The van der Waals surface area contributed by atoms with Crippen LogP contribution in [0.15, 0.2) is 54.6 Å². The minimum absolute atomic E-state index is 0.0577. The summed E-state index contributed by atoms with van der Waals surface area (Å²) in [5.41, 5.74) is 1.68. The molecule has 1 amide bonds. The highest BCUT2D eigenvalue weighted by Crippen LogP contribution is 2.29. The number of benzene rings is 2. The Morgan fingerprint density at radius 2 is 1.40 bits per heavy atom. The van der Waals surface area contributed by atoms with Crippen molar-refractivity contribution in [3.63, 3.8) is 0 Å². The average molecular weight is 347 g/mol. The van der Waals surface area contributed by atoms with Crippen LogP contribution in [0.2, 0.25) is 0 Å². The number of anilines is 1. The molecule has 0 saturated heterocycles. The van der Waals surface area contributed by atoms with Gasteiger partial charge in [0.05, 0.1) is 5.56 Å². The maximum absolute atomic E-state index is 12.5. The number of alkyl halides is 3. The molecular formula is C20H20F3NO. The van der Waals surface area contributed by atoms with E-state index in [4.69, 9.17) is 0 Å². The minimum Gasteiger partial charge on any atom is -0.323 e. The van der Waals surface area contributed by atoms with E-state index in [9.17, 15) is 18.0 Å². The Balaban J connectivity index is 1.99. The standard InChI is InChI=1S/C20H20F3NO/c1-19(2,3)15-7-4-14(5-8-15)6-13-18(25)24-17-11-9-16(10-12-17)20(21,22)23/h4-13H,1-3H3,(H,24,25). The molecule has 132 valence electrons. The molecule has 0 spiro atoms. The lowest BCUT2D eigenvalue weighted by atomic mass is 9.87. The molecule has 5 heteroatoms. The highest BCUT2D eigenvalue weighted by molar-refractivity contribution is 6.01. The van der Waals surface area contributed by atoms with Crippen LogP contribution in [-0.2, 0) is 16.4 Å². The van der Waals surface area contributed by atoms with E-state index in [1.165, 1.54) is 23.8 Å². The summed E-state index contributed by atoms with van der Waals surface area (Å²) < 4.78 is 37.5. The van der Waals surface area contributed by atoms with Crippen molar-refractivity contribution in [2.24, 2.45) is 0 Å². The number of halogens is 3. The summed E-state index contributed by atoms with van der Waals surface area (Å²) in [5.74, 6) is -0.403. The molecule has 0 bridgehead atoms. The Kier molecular flexibility index (Phi) is 5.36. The third kappa shape index (κ3) is 5.48. The number of nitrogens with one attached hydrogen (secondary N) is 1. The first-order valence-corrected chi connectivity index (χ1v) is 7.82. The maximum Gasteiger partial charge on any atom is 0.416 e. The molecule has 0 radical (unpaired) electrons. The van der Waals surface area contributed by atoms with Gasteiger partial charge in [-0.3, -0.25) is 4.79 Å². The molecule has 2 rings (SSSR count). The van der Waals surface area contributed by atoms with Gasteiger partial charge in [0.25, 0.3) is 0 Å². The summed E-state index contributed by atoms with van der Waals surface area (Å²) in [7, 11) is 0. The zero-order valence-electron chi connectivity index (χ0n) is 14.3. The third-order valence-electron chi connectivity index (χ3n) is 3.68. The molecule has 0 atom stereocenters. The zero-order chi connectivity index (χ0) is 18.7. The van der Waals surface area contributed by atoms with E-state index in [1.807, 2.05) is 24.3 Å². The molecule has 2 aromatic carbocycles. The van der Waals surface area contributed by atoms with E-state index < -0.39 is 17.6 Å². The van der Waals surface area contributed by atoms with Crippen LogP contribution in [-0.4, -0.2) is 5.91 Å². The topological polar surface area (TPSA) is 29.1 Å². The van der Waals surface area contributed by atoms with E-state index >= 15 is 0 Å². The lowest BCUT2D eigenvalue weighted by Gasteiger charge is -2.18. The maximum atomic E-state index is 12.5. The Morgan fingerprint density at radius 3 is 1.88 bits per heavy atom. The SMILES string of the molecule is CC(C)(C)c1ccc(C=CC(=O)Nc2ccc(C(F)(F)F)cc2)cc1. The third-order valence-corrected chi connectivity index (χ3v) is 3.68. The largest absolute Gasteiger partial charge is 0.416 e. The summed E-state index contributed by atoms with van der Waals surface area (Å²) in [6.45, 7) is 6.36. The second-order valence-corrected chi connectivity index (χ2v) is 6.77. The first-order chi connectivity index (χ1) is 11.6. The van der Waals surface area contributed by atoms with E-state index in [0.29, 0.717) is 5.69 Å². The van der Waals surface area contributed by atoms with Crippen LogP contribution in [0.5, 0.6) is 0 Å². The van der Waals surface area contributed by atoms with Crippen LogP contribution < -0.4 is 5.32 Å². The Labute approximate surface area is 145 Å². The lowest BCUT2D eigenvalue weighted by molar-refractivity contribution is -0.137. The van der Waals surface area contributed by atoms with Crippen molar-refractivity contribution < 1.29 is 18.0 Å². The second kappa shape index (κ2) is 7.13. The predicted molar refractivity (Wildman–Crippen MR) is 94.2 cm³/mol. The number of carbonyl (C=O) groups excluding carboxylic acids is 1. The molecule has 0 heterocycles. The summed E-state index contributed by atoms with van der Waals surface area (Å²) >= 11 is 0. The van der Waals surface area contributed by atoms with Crippen LogP contribution in [0.3, 0.4) is 0 Å². The summed E-state index contributed by atoms with van der Waals surface area (Å²) in [6, 6.07) is 12.2. The molecule has 0 unspecified atom stereocenters. The van der Waals surface area contributed by atoms with Gasteiger partial charge in [0, 0.05) is 11.8 Å². The second-order valence-electron chi connectivity index (χ2n) is 6.77. The fraction of sp³-hybridized carbons (Fsp3) is 0.250. The van der Waals surface area contributed by atoms with Crippen molar-refractivity contribution in [2.45, 2.75) is 32.4 Å². The summed E-state index contributed by atoms with van der Waals surface area (Å²) in [4.78, 5) is 11.9. The van der Waals surface area contributed by atoms with Gasteiger partial charge in [0.1, 0.15) is 0 Å². The molecule has 1 N–H and O–H groups in total. The van der Waals surface area contributed by atoms with Crippen molar-refractivity contribution >= 4 is 17.7 Å². The molecule has 0 fully saturated rings. The number of hydrogen-bond acceptors (Lipinski definition) is 1. The summed E-state index contributed by atoms with van der Waals surface area (Å²) in [6.07, 6.45) is -1.38. The monoisotopic (exact) mass is 347 g/mol. The molecule has 0 aliphatic heterocycles. The quantitative estimate of drug-likeness (QED) is 0.714. The first kappa shape index (κ1) is 18.8. The number of carbonyl (C=O) groups is 1. The average Bonchev–Trinajstić information content (AvgIpc) is 2.52. The fourth-order valence-corrected chi connectivity index (χ4v) is 2.19. The van der Waals surface area contributed by atoms with Gasteiger partial charge in [-0.1, -0.05) is 45.0 Å². The van der Waals surface area contributed by atoms with Gasteiger partial charge in [-0.25, -0.2) is 0 Å². The Bertz CT molecular complexity index is 752. The van der Waals surface area contributed by atoms with E-state index in [1.54, 1.807) is 6.08 Å². The lowest BCUT2D eigenvalue weighted by Crippen LogP contribution is -2.10. The van der Waals surface area contributed by atoms with Crippen LogP contribution in [0.25, 0.3) is 6.08 Å².